The Balaban J connectivity index is 2.59. The maximum Gasteiger partial charge on any atom is 0.357 e. The highest BCUT2D eigenvalue weighted by atomic mass is 32.1. The largest absolute Gasteiger partial charge is 0.461 e. The molecule has 0 atom stereocenters. The lowest BCUT2D eigenvalue weighted by molar-refractivity contribution is 0.0520. The van der Waals surface area contributed by atoms with Gasteiger partial charge in [0.1, 0.15) is 5.01 Å². The summed E-state index contributed by atoms with van der Waals surface area (Å²) in [5.74, 6) is -0.334. The van der Waals surface area contributed by atoms with Crippen LogP contribution in [0.1, 0.15) is 29.3 Å². The van der Waals surface area contributed by atoms with Gasteiger partial charge in [-0.25, -0.2) is 9.78 Å². The number of aromatic nitrogens is 1. The molecule has 0 aliphatic rings. The minimum Gasteiger partial charge on any atom is -0.461 e. The smallest absolute Gasteiger partial charge is 0.357 e. The first-order chi connectivity index (χ1) is 7.17. The molecule has 1 heterocycles. The molecule has 0 saturated carbocycles. The van der Waals surface area contributed by atoms with E-state index in [0.717, 1.165) is 18.1 Å². The van der Waals surface area contributed by atoms with Gasteiger partial charge in [0.25, 0.3) is 0 Å². The summed E-state index contributed by atoms with van der Waals surface area (Å²) in [6.45, 7) is 6.01. The van der Waals surface area contributed by atoms with E-state index in [1.54, 1.807) is 12.3 Å². The monoisotopic (exact) mass is 228 g/mol. The molecule has 1 aromatic heterocycles. The first-order valence-corrected chi connectivity index (χ1v) is 5.85. The fraction of sp³-hybridized carbons (Fsp3) is 0.600. The lowest BCUT2D eigenvalue weighted by atomic mass is 10.5. The third-order valence-electron chi connectivity index (χ3n) is 1.98. The van der Waals surface area contributed by atoms with Crippen LogP contribution in [-0.4, -0.2) is 36.1 Å². The van der Waals surface area contributed by atoms with Crippen molar-refractivity contribution in [3.05, 3.63) is 16.1 Å². The number of carbonyl (C=O) groups is 1. The van der Waals surface area contributed by atoms with Gasteiger partial charge in [-0.1, -0.05) is 6.92 Å². The molecular formula is C10H16N2O2S. The van der Waals surface area contributed by atoms with Crippen LogP contribution in [0.5, 0.6) is 0 Å². The lowest BCUT2D eigenvalue weighted by Crippen LogP contribution is -2.16. The maximum absolute atomic E-state index is 11.3. The van der Waals surface area contributed by atoms with Gasteiger partial charge in [-0.3, -0.25) is 4.90 Å². The molecule has 5 heteroatoms. The van der Waals surface area contributed by atoms with E-state index in [2.05, 4.69) is 16.8 Å². The van der Waals surface area contributed by atoms with E-state index < -0.39 is 0 Å². The number of carbonyl (C=O) groups excluding carboxylic acids is 1. The summed E-state index contributed by atoms with van der Waals surface area (Å²) in [6.07, 6.45) is 0. The zero-order valence-electron chi connectivity index (χ0n) is 9.32. The zero-order chi connectivity index (χ0) is 11.3. The zero-order valence-corrected chi connectivity index (χ0v) is 10.1. The normalized spacial score (nSPS) is 10.7. The van der Waals surface area contributed by atoms with Crippen LogP contribution in [-0.2, 0) is 11.3 Å². The highest BCUT2D eigenvalue weighted by molar-refractivity contribution is 7.09. The molecule has 0 spiro atoms. The highest BCUT2D eigenvalue weighted by Crippen LogP contribution is 2.12. The molecule has 0 N–H and O–H groups in total. The van der Waals surface area contributed by atoms with Gasteiger partial charge in [0.05, 0.1) is 13.2 Å². The minimum atomic E-state index is -0.334. The molecule has 0 saturated heterocycles. The van der Waals surface area contributed by atoms with Gasteiger partial charge in [-0.2, -0.15) is 0 Å². The molecule has 0 amide bonds. The minimum absolute atomic E-state index is 0.334. The standard InChI is InChI=1S/C10H16N2O2S/c1-4-12(3)6-9-11-8(7-15-9)10(13)14-5-2/h7H,4-6H2,1-3H3. The second-order valence-electron chi connectivity index (χ2n) is 3.18. The molecule has 0 aliphatic carbocycles. The van der Waals surface area contributed by atoms with Crippen LogP contribution in [0.2, 0.25) is 0 Å². The van der Waals surface area contributed by atoms with Crippen LogP contribution in [0.15, 0.2) is 5.38 Å². The Kier molecular flexibility index (Phi) is 4.71. The van der Waals surface area contributed by atoms with Crippen molar-refractivity contribution < 1.29 is 9.53 Å². The third kappa shape index (κ3) is 3.60. The van der Waals surface area contributed by atoms with E-state index in [9.17, 15) is 4.79 Å². The van der Waals surface area contributed by atoms with Gasteiger partial charge in [0.2, 0.25) is 0 Å². The highest BCUT2D eigenvalue weighted by Gasteiger charge is 2.11. The van der Waals surface area contributed by atoms with E-state index in [1.807, 2.05) is 7.05 Å². The Morgan fingerprint density at radius 1 is 1.60 bits per heavy atom. The first kappa shape index (κ1) is 12.1. The molecule has 0 radical (unpaired) electrons. The second kappa shape index (κ2) is 5.82. The molecule has 0 aromatic carbocycles. The van der Waals surface area contributed by atoms with Crippen LogP contribution in [0, 0.1) is 0 Å². The SMILES string of the molecule is CCOC(=O)c1csc(CN(C)CC)n1. The molecule has 0 aliphatic heterocycles. The van der Waals surface area contributed by atoms with Gasteiger partial charge < -0.3 is 4.74 Å². The van der Waals surface area contributed by atoms with Crippen molar-refractivity contribution in [3.8, 4) is 0 Å². The Bertz CT molecular complexity index is 325. The third-order valence-corrected chi connectivity index (χ3v) is 2.81. The first-order valence-electron chi connectivity index (χ1n) is 4.97. The molecule has 4 nitrogen and oxygen atoms in total. The fourth-order valence-electron chi connectivity index (χ4n) is 1.03. The van der Waals surface area contributed by atoms with Gasteiger partial charge in [-0.15, -0.1) is 11.3 Å². The van der Waals surface area contributed by atoms with Gasteiger partial charge in [0.15, 0.2) is 5.69 Å². The van der Waals surface area contributed by atoms with E-state index in [1.165, 1.54) is 11.3 Å². The molecule has 0 unspecified atom stereocenters. The molecule has 15 heavy (non-hydrogen) atoms. The number of hydrogen-bond donors (Lipinski definition) is 0. The Morgan fingerprint density at radius 2 is 2.33 bits per heavy atom. The van der Waals surface area contributed by atoms with Crippen molar-refractivity contribution in [2.24, 2.45) is 0 Å². The van der Waals surface area contributed by atoms with E-state index in [0.29, 0.717) is 12.3 Å². The van der Waals surface area contributed by atoms with Crippen molar-refractivity contribution in [3.63, 3.8) is 0 Å². The van der Waals surface area contributed by atoms with Crippen LogP contribution in [0.3, 0.4) is 0 Å². The summed E-state index contributed by atoms with van der Waals surface area (Å²) in [4.78, 5) is 17.7. The van der Waals surface area contributed by atoms with Crippen molar-refractivity contribution in [2.75, 3.05) is 20.2 Å². The fourth-order valence-corrected chi connectivity index (χ4v) is 1.87. The van der Waals surface area contributed by atoms with Crippen molar-refractivity contribution >= 4 is 17.3 Å². The van der Waals surface area contributed by atoms with Crippen molar-refractivity contribution in [1.82, 2.24) is 9.88 Å². The Hall–Kier alpha value is -0.940. The predicted octanol–water partition coefficient (Wildman–Crippen LogP) is 1.77. The summed E-state index contributed by atoms with van der Waals surface area (Å²) in [5.41, 5.74) is 0.418. The molecule has 0 fully saturated rings. The summed E-state index contributed by atoms with van der Waals surface area (Å²) < 4.78 is 4.86. The molecule has 1 aromatic rings. The van der Waals surface area contributed by atoms with Crippen LogP contribution in [0.25, 0.3) is 0 Å². The van der Waals surface area contributed by atoms with E-state index in [-0.39, 0.29) is 5.97 Å². The average Bonchev–Trinajstić information content (AvgIpc) is 2.66. The second-order valence-corrected chi connectivity index (χ2v) is 4.12. The Labute approximate surface area is 93.9 Å². The maximum atomic E-state index is 11.3. The molecule has 0 bridgehead atoms. The van der Waals surface area contributed by atoms with Crippen molar-refractivity contribution in [2.45, 2.75) is 20.4 Å². The molecular weight excluding hydrogens is 212 g/mol. The number of rotatable bonds is 5. The topological polar surface area (TPSA) is 42.4 Å². The molecule has 1 rings (SSSR count). The van der Waals surface area contributed by atoms with Crippen molar-refractivity contribution in [1.29, 1.82) is 0 Å². The van der Waals surface area contributed by atoms with Crippen LogP contribution >= 0.6 is 11.3 Å². The summed E-state index contributed by atoms with van der Waals surface area (Å²) in [5, 5.41) is 2.69. The predicted molar refractivity (Wildman–Crippen MR) is 60.1 cm³/mol. The average molecular weight is 228 g/mol. The number of thiazole rings is 1. The van der Waals surface area contributed by atoms with E-state index in [4.69, 9.17) is 4.74 Å². The number of hydrogen-bond acceptors (Lipinski definition) is 5. The molecule has 84 valence electrons. The number of ether oxygens (including phenoxy) is 1. The Morgan fingerprint density at radius 3 is 2.93 bits per heavy atom. The summed E-state index contributed by atoms with van der Waals surface area (Å²) in [6, 6.07) is 0. The van der Waals surface area contributed by atoms with Gasteiger partial charge in [-0.05, 0) is 20.5 Å². The lowest BCUT2D eigenvalue weighted by Gasteiger charge is -2.10. The quantitative estimate of drug-likeness (QED) is 0.720. The number of esters is 1. The van der Waals surface area contributed by atoms with Crippen LogP contribution < -0.4 is 0 Å². The summed E-state index contributed by atoms with van der Waals surface area (Å²) in [7, 11) is 2.02. The summed E-state index contributed by atoms with van der Waals surface area (Å²) >= 11 is 1.49. The number of nitrogens with zero attached hydrogens (tertiary/aromatic N) is 2. The van der Waals surface area contributed by atoms with Gasteiger partial charge in [0, 0.05) is 5.38 Å². The van der Waals surface area contributed by atoms with Crippen LogP contribution in [0.4, 0.5) is 0 Å². The van der Waals surface area contributed by atoms with E-state index >= 15 is 0 Å². The van der Waals surface area contributed by atoms with Gasteiger partial charge >= 0.3 is 5.97 Å².